The lowest BCUT2D eigenvalue weighted by Crippen LogP contribution is -2.29. The molecule has 0 amide bonds. The predicted molar refractivity (Wildman–Crippen MR) is 335 cm³/mol. The van der Waals surface area contributed by atoms with Gasteiger partial charge in [-0.1, -0.05) is 341 Å². The zero-order valence-corrected chi connectivity index (χ0v) is 53.1. The number of phosphoric ester groups is 1. The zero-order chi connectivity index (χ0) is 56.6. The molecule has 9 nitrogen and oxygen atoms in total. The van der Waals surface area contributed by atoms with Crippen LogP contribution in [0, 0.1) is 0 Å². The van der Waals surface area contributed by atoms with Crippen LogP contribution in [0.25, 0.3) is 0 Å². The van der Waals surface area contributed by atoms with Gasteiger partial charge in [0, 0.05) is 19.4 Å². The standard InChI is InChI=1S/C68H134NO8P/c1-3-5-7-9-11-13-15-17-19-21-23-24-25-26-27-28-29-30-31-32-33-34-35-36-37-38-39-40-41-43-44-46-48-50-52-54-56-58-60-67(70)74-64-66(65-76-78(72,73)75-63-62-69)77-68(71)61-59-57-55-53-51-49-47-45-42-22-20-18-16-14-12-10-8-6-4-2/h18,20,66H,3-17,19,21-65,69H2,1-2H3,(H,72,73)/b20-18-. The molecule has 0 saturated heterocycles. The van der Waals surface area contributed by atoms with Crippen molar-refractivity contribution in [2.75, 3.05) is 26.4 Å². The largest absolute Gasteiger partial charge is 0.472 e. The van der Waals surface area contributed by atoms with E-state index in [1.807, 2.05) is 0 Å². The highest BCUT2D eigenvalue weighted by atomic mass is 31.2. The molecule has 0 bridgehead atoms. The van der Waals surface area contributed by atoms with E-state index in [4.69, 9.17) is 24.3 Å². The highest BCUT2D eigenvalue weighted by Crippen LogP contribution is 2.43. The molecule has 78 heavy (non-hydrogen) atoms. The summed E-state index contributed by atoms with van der Waals surface area (Å²) in [6.07, 6.45) is 77.6. The van der Waals surface area contributed by atoms with Crippen molar-refractivity contribution in [1.82, 2.24) is 0 Å². The topological polar surface area (TPSA) is 134 Å². The lowest BCUT2D eigenvalue weighted by atomic mass is 10.0. The van der Waals surface area contributed by atoms with Gasteiger partial charge in [-0.05, 0) is 38.5 Å². The minimum absolute atomic E-state index is 0.0565. The molecule has 0 heterocycles. The molecular formula is C68H134NO8P. The Morgan fingerprint density at radius 1 is 0.372 bits per heavy atom. The van der Waals surface area contributed by atoms with Crippen LogP contribution in [0.15, 0.2) is 12.2 Å². The average molecular weight is 1120 g/mol. The summed E-state index contributed by atoms with van der Waals surface area (Å²) in [4.78, 5) is 35.3. The van der Waals surface area contributed by atoms with Crippen LogP contribution in [0.5, 0.6) is 0 Å². The number of nitrogens with two attached hydrogens (primary N) is 1. The smallest absolute Gasteiger partial charge is 0.462 e. The van der Waals surface area contributed by atoms with E-state index in [0.29, 0.717) is 6.42 Å². The Labute approximate surface area is 485 Å². The van der Waals surface area contributed by atoms with Crippen molar-refractivity contribution >= 4 is 19.8 Å². The van der Waals surface area contributed by atoms with E-state index in [-0.39, 0.29) is 38.6 Å². The second-order valence-corrected chi connectivity index (χ2v) is 25.2. The summed E-state index contributed by atoms with van der Waals surface area (Å²) < 4.78 is 33.1. The highest BCUT2D eigenvalue weighted by Gasteiger charge is 2.26. The first-order valence-corrected chi connectivity index (χ1v) is 36.2. The van der Waals surface area contributed by atoms with Crippen LogP contribution in [-0.2, 0) is 32.7 Å². The molecule has 0 aliphatic rings. The minimum atomic E-state index is -4.39. The molecule has 0 aromatic heterocycles. The lowest BCUT2D eigenvalue weighted by molar-refractivity contribution is -0.161. The molecule has 0 fully saturated rings. The van der Waals surface area contributed by atoms with Crippen molar-refractivity contribution < 1.29 is 37.6 Å². The van der Waals surface area contributed by atoms with Crippen LogP contribution in [0.2, 0.25) is 0 Å². The van der Waals surface area contributed by atoms with Crippen LogP contribution in [0.1, 0.15) is 380 Å². The molecule has 0 saturated carbocycles. The molecule has 10 heteroatoms. The number of allylic oxidation sites excluding steroid dienone is 2. The Balaban J connectivity index is 3.73. The van der Waals surface area contributed by atoms with Gasteiger partial charge in [-0.25, -0.2) is 4.57 Å². The summed E-state index contributed by atoms with van der Waals surface area (Å²) in [6, 6.07) is 0. The maximum absolute atomic E-state index is 12.7. The van der Waals surface area contributed by atoms with Crippen molar-refractivity contribution in [1.29, 1.82) is 0 Å². The van der Waals surface area contributed by atoms with Gasteiger partial charge in [-0.15, -0.1) is 0 Å². The highest BCUT2D eigenvalue weighted by molar-refractivity contribution is 7.47. The van der Waals surface area contributed by atoms with Crippen LogP contribution in [0.3, 0.4) is 0 Å². The van der Waals surface area contributed by atoms with Crippen molar-refractivity contribution in [2.24, 2.45) is 5.73 Å². The van der Waals surface area contributed by atoms with Crippen molar-refractivity contribution in [3.8, 4) is 0 Å². The third kappa shape index (κ3) is 63.9. The summed E-state index contributed by atoms with van der Waals surface area (Å²) >= 11 is 0. The SMILES string of the molecule is CCCCCCCC/C=C\CCCCCCCCCCCC(=O)OC(COC(=O)CCCCCCCCCCCCCCCCCCCCCCCCCCCCCCCCCCCCCCCC)COP(=O)(O)OCCN. The Hall–Kier alpha value is -1.25. The minimum Gasteiger partial charge on any atom is -0.462 e. The van der Waals surface area contributed by atoms with Gasteiger partial charge in [0.2, 0.25) is 0 Å². The number of hydrogen-bond donors (Lipinski definition) is 2. The van der Waals surface area contributed by atoms with E-state index >= 15 is 0 Å². The van der Waals surface area contributed by atoms with Crippen molar-refractivity contribution in [3.05, 3.63) is 12.2 Å². The molecule has 0 rings (SSSR count). The Kier molecular flexibility index (Phi) is 63.9. The molecule has 2 unspecified atom stereocenters. The normalized spacial score (nSPS) is 12.9. The number of carbonyl (C=O) groups excluding carboxylic acids is 2. The Bertz CT molecular complexity index is 1280. The molecular weight excluding hydrogens is 990 g/mol. The number of esters is 2. The maximum Gasteiger partial charge on any atom is 0.472 e. The first kappa shape index (κ1) is 76.8. The number of rotatable bonds is 67. The first-order chi connectivity index (χ1) is 38.3. The molecule has 3 N–H and O–H groups in total. The van der Waals surface area contributed by atoms with Gasteiger partial charge in [-0.2, -0.15) is 0 Å². The van der Waals surface area contributed by atoms with E-state index in [2.05, 4.69) is 26.0 Å². The van der Waals surface area contributed by atoms with E-state index < -0.39 is 26.5 Å². The van der Waals surface area contributed by atoms with Crippen LogP contribution >= 0.6 is 7.82 Å². The van der Waals surface area contributed by atoms with Gasteiger partial charge in [0.25, 0.3) is 0 Å². The quantitative estimate of drug-likeness (QED) is 0.0264. The zero-order valence-electron chi connectivity index (χ0n) is 52.2. The van der Waals surface area contributed by atoms with Crippen LogP contribution in [-0.4, -0.2) is 49.3 Å². The fraction of sp³-hybridized carbons (Fsp3) is 0.941. The van der Waals surface area contributed by atoms with Crippen molar-refractivity contribution in [3.63, 3.8) is 0 Å². The van der Waals surface area contributed by atoms with E-state index in [1.165, 1.54) is 308 Å². The summed E-state index contributed by atoms with van der Waals surface area (Å²) in [5.74, 6) is -0.807. The molecule has 0 radical (unpaired) electrons. The number of unbranched alkanes of at least 4 members (excludes halogenated alkanes) is 52. The summed E-state index contributed by atoms with van der Waals surface area (Å²) in [5, 5.41) is 0. The maximum atomic E-state index is 12.7. The van der Waals surface area contributed by atoms with Crippen LogP contribution < -0.4 is 5.73 Å². The fourth-order valence-electron chi connectivity index (χ4n) is 10.8. The van der Waals surface area contributed by atoms with Gasteiger partial charge < -0.3 is 20.1 Å². The van der Waals surface area contributed by atoms with E-state index in [1.54, 1.807) is 0 Å². The number of phosphoric acid groups is 1. The number of hydrogen-bond acceptors (Lipinski definition) is 8. The molecule has 2 atom stereocenters. The fourth-order valence-corrected chi connectivity index (χ4v) is 11.5. The molecule has 0 aliphatic heterocycles. The molecule has 0 spiro atoms. The van der Waals surface area contributed by atoms with Crippen LogP contribution in [0.4, 0.5) is 0 Å². The number of carbonyl (C=O) groups is 2. The molecule has 0 aromatic carbocycles. The van der Waals surface area contributed by atoms with Gasteiger partial charge in [0.15, 0.2) is 6.10 Å². The Morgan fingerprint density at radius 2 is 0.628 bits per heavy atom. The lowest BCUT2D eigenvalue weighted by Gasteiger charge is -2.19. The van der Waals surface area contributed by atoms with Gasteiger partial charge >= 0.3 is 19.8 Å². The molecule has 464 valence electrons. The van der Waals surface area contributed by atoms with Gasteiger partial charge in [0.05, 0.1) is 13.2 Å². The predicted octanol–water partition coefficient (Wildman–Crippen LogP) is 22.4. The molecule has 0 aliphatic carbocycles. The van der Waals surface area contributed by atoms with E-state index in [0.717, 1.165) is 38.5 Å². The third-order valence-electron chi connectivity index (χ3n) is 15.9. The van der Waals surface area contributed by atoms with E-state index in [9.17, 15) is 19.0 Å². The van der Waals surface area contributed by atoms with Gasteiger partial charge in [-0.3, -0.25) is 18.6 Å². The first-order valence-electron chi connectivity index (χ1n) is 34.7. The van der Waals surface area contributed by atoms with Crippen molar-refractivity contribution in [2.45, 2.75) is 386 Å². The summed E-state index contributed by atoms with van der Waals surface area (Å²) in [5.41, 5.74) is 5.39. The molecule has 0 aromatic rings. The Morgan fingerprint density at radius 3 is 0.910 bits per heavy atom. The average Bonchev–Trinajstić information content (AvgIpc) is 3.43. The monoisotopic (exact) mass is 1120 g/mol. The van der Waals surface area contributed by atoms with Gasteiger partial charge in [0.1, 0.15) is 6.61 Å². The summed E-state index contributed by atoms with van der Waals surface area (Å²) in [6.45, 7) is 3.81. The second-order valence-electron chi connectivity index (χ2n) is 23.8. The third-order valence-corrected chi connectivity index (χ3v) is 16.9. The number of ether oxygens (including phenoxy) is 2. The summed E-state index contributed by atoms with van der Waals surface area (Å²) in [7, 11) is -4.39. The second kappa shape index (κ2) is 64.9.